The highest BCUT2D eigenvalue weighted by Crippen LogP contribution is 1.95. The van der Waals surface area contributed by atoms with Gasteiger partial charge in [0.2, 0.25) is 0 Å². The molecule has 0 aliphatic carbocycles. The molecule has 0 aliphatic heterocycles. The van der Waals surface area contributed by atoms with Crippen molar-refractivity contribution in [2.24, 2.45) is 0 Å². The molecule has 48 valence electrons. The molecule has 0 heterocycles. The second-order valence-corrected chi connectivity index (χ2v) is 2.54. The molecule has 0 aliphatic rings. The van der Waals surface area contributed by atoms with Crippen molar-refractivity contribution in [1.82, 2.24) is 0 Å². The Hall–Kier alpha value is 0.240. The van der Waals surface area contributed by atoms with Crippen LogP contribution in [0, 0.1) is 0 Å². The van der Waals surface area contributed by atoms with E-state index in [1.54, 1.807) is 11.8 Å². The Morgan fingerprint density at radius 2 is 2.38 bits per heavy atom. The zero-order chi connectivity index (χ0) is 6.41. The van der Waals surface area contributed by atoms with E-state index in [4.69, 9.17) is 17.0 Å². The van der Waals surface area contributed by atoms with Crippen LogP contribution in [0.1, 0.15) is 13.3 Å². The van der Waals surface area contributed by atoms with Gasteiger partial charge < -0.3 is 4.74 Å². The van der Waals surface area contributed by atoms with E-state index in [1.807, 2.05) is 13.2 Å². The minimum absolute atomic E-state index is 0.687. The van der Waals surface area contributed by atoms with E-state index >= 15 is 0 Å². The van der Waals surface area contributed by atoms with Gasteiger partial charge in [0.25, 0.3) is 0 Å². The van der Waals surface area contributed by atoms with Gasteiger partial charge >= 0.3 is 0 Å². The van der Waals surface area contributed by atoms with E-state index < -0.39 is 0 Å². The predicted octanol–water partition coefficient (Wildman–Crippen LogP) is 2.06. The highest BCUT2D eigenvalue weighted by molar-refractivity contribution is 7.98. The van der Waals surface area contributed by atoms with Crippen molar-refractivity contribution < 1.29 is 4.74 Å². The van der Waals surface area contributed by atoms with Crippen LogP contribution in [0.25, 0.3) is 0 Å². The third-order valence-corrected chi connectivity index (χ3v) is 1.39. The lowest BCUT2D eigenvalue weighted by Gasteiger charge is -2.00. The minimum atomic E-state index is 0.687. The van der Waals surface area contributed by atoms with Crippen LogP contribution in [-0.2, 0) is 4.74 Å². The zero-order valence-electron chi connectivity index (χ0n) is 5.14. The summed E-state index contributed by atoms with van der Waals surface area (Å²) >= 11 is 6.42. The van der Waals surface area contributed by atoms with Crippen molar-refractivity contribution in [2.75, 3.05) is 12.2 Å². The second kappa shape index (κ2) is 5.38. The van der Waals surface area contributed by atoms with Gasteiger partial charge in [-0.15, -0.1) is 11.8 Å². The van der Waals surface area contributed by atoms with Crippen LogP contribution in [0.15, 0.2) is 0 Å². The number of thiocarbonyl (C=S) groups is 1. The fraction of sp³-hybridized carbons (Fsp3) is 0.800. The number of rotatable bonds is 3. The highest BCUT2D eigenvalue weighted by Gasteiger charge is 1.88. The monoisotopic (exact) mass is 150 g/mol. The Morgan fingerprint density at radius 3 is 2.75 bits per heavy atom. The van der Waals surface area contributed by atoms with Crippen molar-refractivity contribution >= 4 is 29.0 Å². The summed E-state index contributed by atoms with van der Waals surface area (Å²) in [6, 6.07) is 0. The van der Waals surface area contributed by atoms with E-state index in [0.29, 0.717) is 11.0 Å². The molecule has 3 heteroatoms. The summed E-state index contributed by atoms with van der Waals surface area (Å²) in [5.74, 6) is 0.687. The van der Waals surface area contributed by atoms with Gasteiger partial charge in [0.1, 0.15) is 5.94 Å². The maximum Gasteiger partial charge on any atom is 0.160 e. The zero-order valence-corrected chi connectivity index (χ0v) is 6.77. The standard InChI is InChI=1S/C5H10OS2/c1-3-5(7)6-4-8-2/h3-4H2,1-2H3. The number of hydrogen-bond donors (Lipinski definition) is 0. The Kier molecular flexibility index (Phi) is 5.54. The van der Waals surface area contributed by atoms with Gasteiger partial charge in [0, 0.05) is 6.42 Å². The van der Waals surface area contributed by atoms with Crippen molar-refractivity contribution in [3.63, 3.8) is 0 Å². The summed E-state index contributed by atoms with van der Waals surface area (Å²) in [6.07, 6.45) is 2.83. The molecule has 0 atom stereocenters. The molecule has 1 nitrogen and oxygen atoms in total. The smallest absolute Gasteiger partial charge is 0.160 e. The van der Waals surface area contributed by atoms with Gasteiger partial charge in [-0.2, -0.15) is 0 Å². The van der Waals surface area contributed by atoms with Crippen LogP contribution in [0.3, 0.4) is 0 Å². The molecule has 8 heavy (non-hydrogen) atoms. The van der Waals surface area contributed by atoms with Gasteiger partial charge in [-0.1, -0.05) is 6.92 Å². The molecule has 0 unspecified atom stereocenters. The molecule has 0 aromatic heterocycles. The second-order valence-electron chi connectivity index (χ2n) is 1.28. The third kappa shape index (κ3) is 4.40. The van der Waals surface area contributed by atoms with Crippen LogP contribution in [0.5, 0.6) is 0 Å². The maximum absolute atomic E-state index is 5.03. The first kappa shape index (κ1) is 8.24. The van der Waals surface area contributed by atoms with Crippen LogP contribution in [-0.4, -0.2) is 17.2 Å². The lowest BCUT2D eigenvalue weighted by atomic mass is 10.5. The van der Waals surface area contributed by atoms with Crippen LogP contribution >= 0.6 is 24.0 Å². The fourth-order valence-electron chi connectivity index (χ4n) is 0.227. The average molecular weight is 150 g/mol. The van der Waals surface area contributed by atoms with Gasteiger partial charge in [-0.05, 0) is 18.5 Å². The number of thioether (sulfide) groups is 1. The Balaban J connectivity index is 2.99. The van der Waals surface area contributed by atoms with Crippen molar-refractivity contribution in [3.05, 3.63) is 0 Å². The fourth-order valence-corrected chi connectivity index (χ4v) is 0.620. The first-order valence-corrected chi connectivity index (χ1v) is 4.26. The number of hydrogen-bond acceptors (Lipinski definition) is 3. The third-order valence-electron chi connectivity index (χ3n) is 0.626. The quantitative estimate of drug-likeness (QED) is 0.450. The van der Waals surface area contributed by atoms with E-state index in [1.165, 1.54) is 0 Å². The molecule has 0 N–H and O–H groups in total. The topological polar surface area (TPSA) is 9.23 Å². The van der Waals surface area contributed by atoms with Crippen LogP contribution < -0.4 is 0 Å². The summed E-state index contributed by atoms with van der Waals surface area (Å²) in [6.45, 7) is 1.99. The molecule has 0 saturated carbocycles. The molecule has 0 fully saturated rings. The SMILES string of the molecule is CCC(=S)OCSC. The molecule has 0 spiro atoms. The predicted molar refractivity (Wildman–Crippen MR) is 42.4 cm³/mol. The Bertz CT molecular complexity index is 72.8. The maximum atomic E-state index is 5.03. The summed E-state index contributed by atoms with van der Waals surface area (Å²) in [5.41, 5.74) is 0. The average Bonchev–Trinajstić information content (AvgIpc) is 1.83. The number of ether oxygens (including phenoxy) is 1. The van der Waals surface area contributed by atoms with Crippen molar-refractivity contribution in [3.8, 4) is 0 Å². The Morgan fingerprint density at radius 1 is 1.75 bits per heavy atom. The van der Waals surface area contributed by atoms with Crippen molar-refractivity contribution in [2.45, 2.75) is 13.3 Å². The van der Waals surface area contributed by atoms with E-state index in [2.05, 4.69) is 0 Å². The van der Waals surface area contributed by atoms with Gasteiger partial charge in [-0.3, -0.25) is 0 Å². The molecular formula is C5H10OS2. The lowest BCUT2D eigenvalue weighted by molar-refractivity contribution is 0.382. The molecule has 0 aromatic carbocycles. The van der Waals surface area contributed by atoms with Gasteiger partial charge in [0.05, 0.1) is 0 Å². The molecule has 0 amide bonds. The van der Waals surface area contributed by atoms with E-state index in [0.717, 1.165) is 6.42 Å². The summed E-state index contributed by atoms with van der Waals surface area (Å²) in [7, 11) is 0. The summed E-state index contributed by atoms with van der Waals surface area (Å²) in [5, 5.41) is 0.708. The first-order chi connectivity index (χ1) is 3.81. The van der Waals surface area contributed by atoms with Crippen LogP contribution in [0.2, 0.25) is 0 Å². The molecule has 0 rings (SSSR count). The molecular weight excluding hydrogens is 140 g/mol. The molecule has 0 aromatic rings. The summed E-state index contributed by atoms with van der Waals surface area (Å²) < 4.78 is 5.03. The molecule has 0 radical (unpaired) electrons. The normalized spacial score (nSPS) is 8.75. The van der Waals surface area contributed by atoms with Crippen LogP contribution in [0.4, 0.5) is 0 Å². The first-order valence-electron chi connectivity index (χ1n) is 2.45. The van der Waals surface area contributed by atoms with Gasteiger partial charge in [0.15, 0.2) is 5.05 Å². The summed E-state index contributed by atoms with van der Waals surface area (Å²) in [4.78, 5) is 0. The minimum Gasteiger partial charge on any atom is -0.476 e. The lowest BCUT2D eigenvalue weighted by Crippen LogP contribution is -1.97. The molecule has 0 saturated heterocycles. The highest BCUT2D eigenvalue weighted by atomic mass is 32.2. The van der Waals surface area contributed by atoms with Crippen molar-refractivity contribution in [1.29, 1.82) is 0 Å². The van der Waals surface area contributed by atoms with E-state index in [9.17, 15) is 0 Å². The molecule has 0 bridgehead atoms. The Labute approximate surface area is 59.8 Å². The van der Waals surface area contributed by atoms with E-state index in [-0.39, 0.29) is 0 Å². The largest absolute Gasteiger partial charge is 0.476 e. The van der Waals surface area contributed by atoms with Gasteiger partial charge in [-0.25, -0.2) is 0 Å².